The molecule has 0 spiro atoms. The topological polar surface area (TPSA) is 64.3 Å². The van der Waals surface area contributed by atoms with Crippen molar-refractivity contribution in [3.05, 3.63) is 45.6 Å². The highest BCUT2D eigenvalue weighted by Crippen LogP contribution is 2.22. The van der Waals surface area contributed by atoms with Crippen LogP contribution in [-0.4, -0.2) is 19.6 Å². The van der Waals surface area contributed by atoms with Crippen molar-refractivity contribution in [3.63, 3.8) is 0 Å². The number of benzene rings is 1. The first kappa shape index (κ1) is 15.1. The highest BCUT2D eigenvalue weighted by atomic mass is 32.1. The molecule has 0 radical (unpaired) electrons. The van der Waals surface area contributed by atoms with Crippen LogP contribution in [0.2, 0.25) is 0 Å². The molecule has 0 saturated heterocycles. The maximum Gasteiger partial charge on any atom is 0.265 e. The molecule has 4 nitrogen and oxygen atoms in total. The minimum Gasteiger partial charge on any atom is -0.496 e. The van der Waals surface area contributed by atoms with E-state index in [0.29, 0.717) is 22.9 Å². The summed E-state index contributed by atoms with van der Waals surface area (Å²) in [5.74, 6) is 6.34. The second-order valence-electron chi connectivity index (χ2n) is 4.34. The normalized spacial score (nSPS) is 9.67. The maximum atomic E-state index is 12.1. The van der Waals surface area contributed by atoms with E-state index in [2.05, 4.69) is 17.2 Å². The van der Waals surface area contributed by atoms with E-state index in [0.717, 1.165) is 11.1 Å². The van der Waals surface area contributed by atoms with E-state index in [1.165, 1.54) is 11.3 Å². The predicted molar refractivity (Wildman–Crippen MR) is 85.9 cm³/mol. The van der Waals surface area contributed by atoms with Gasteiger partial charge in [0.1, 0.15) is 5.75 Å². The molecule has 0 aliphatic rings. The number of carbonyl (C=O) groups is 1. The lowest BCUT2D eigenvalue weighted by Crippen LogP contribution is -2.10. The monoisotopic (exact) mass is 300 g/mol. The summed E-state index contributed by atoms with van der Waals surface area (Å²) in [6, 6.07) is 7.33. The molecule has 0 aliphatic heterocycles. The summed E-state index contributed by atoms with van der Waals surface area (Å²) in [5.41, 5.74) is 8.00. The lowest BCUT2D eigenvalue weighted by atomic mass is 10.1. The van der Waals surface area contributed by atoms with Gasteiger partial charge in [-0.1, -0.05) is 17.9 Å². The Morgan fingerprint density at radius 2 is 2.24 bits per heavy atom. The first-order valence-electron chi connectivity index (χ1n) is 6.37. The molecule has 0 aliphatic carbocycles. The smallest absolute Gasteiger partial charge is 0.265 e. The van der Waals surface area contributed by atoms with Crippen LogP contribution in [-0.2, 0) is 0 Å². The third-order valence-corrected chi connectivity index (χ3v) is 3.76. The lowest BCUT2D eigenvalue weighted by molar-refractivity contribution is 0.103. The summed E-state index contributed by atoms with van der Waals surface area (Å²) in [7, 11) is 1.58. The predicted octanol–water partition coefficient (Wildman–Crippen LogP) is 2.63. The fraction of sp³-hybridized carbons (Fsp3) is 0.188. The standard InChI is InChI=1S/C16H16N2O2S/c1-11-5-6-13(8-12(11)4-3-7-17)18-16(19)15-9-14(20-2)10-21-15/h5-6,8-10H,7,17H2,1-2H3,(H,18,19). The highest BCUT2D eigenvalue weighted by molar-refractivity contribution is 7.12. The first-order chi connectivity index (χ1) is 10.1. The highest BCUT2D eigenvalue weighted by Gasteiger charge is 2.10. The summed E-state index contributed by atoms with van der Waals surface area (Å²) in [6.07, 6.45) is 0. The number of aryl methyl sites for hydroxylation is 1. The largest absolute Gasteiger partial charge is 0.496 e. The fourth-order valence-corrected chi connectivity index (χ4v) is 2.47. The Hall–Kier alpha value is -2.29. The van der Waals surface area contributed by atoms with Crippen LogP contribution in [0, 0.1) is 18.8 Å². The molecule has 0 unspecified atom stereocenters. The van der Waals surface area contributed by atoms with Gasteiger partial charge in [0, 0.05) is 22.7 Å². The van der Waals surface area contributed by atoms with Crippen LogP contribution >= 0.6 is 11.3 Å². The van der Waals surface area contributed by atoms with Crippen molar-refractivity contribution in [3.8, 4) is 17.6 Å². The number of anilines is 1. The van der Waals surface area contributed by atoms with Gasteiger partial charge < -0.3 is 15.8 Å². The number of thiophene rings is 1. The number of nitrogens with two attached hydrogens (primary N) is 1. The molecule has 0 saturated carbocycles. The Labute approximate surface area is 127 Å². The molecule has 2 aromatic rings. The van der Waals surface area contributed by atoms with Gasteiger partial charge in [0.15, 0.2) is 0 Å². The zero-order valence-corrected chi connectivity index (χ0v) is 12.7. The van der Waals surface area contributed by atoms with E-state index < -0.39 is 0 Å². The first-order valence-corrected chi connectivity index (χ1v) is 7.25. The second kappa shape index (κ2) is 6.93. The van der Waals surface area contributed by atoms with E-state index in [-0.39, 0.29) is 5.91 Å². The molecule has 0 atom stereocenters. The van der Waals surface area contributed by atoms with Gasteiger partial charge in [0.2, 0.25) is 0 Å². The van der Waals surface area contributed by atoms with Gasteiger partial charge in [-0.15, -0.1) is 11.3 Å². The number of hydrogen-bond acceptors (Lipinski definition) is 4. The van der Waals surface area contributed by atoms with Gasteiger partial charge in [0.05, 0.1) is 18.5 Å². The SMILES string of the molecule is COc1csc(C(=O)Nc2ccc(C)c(C#CCN)c2)c1. The van der Waals surface area contributed by atoms with Crippen LogP contribution in [0.3, 0.4) is 0 Å². The number of carbonyl (C=O) groups excluding carboxylic acids is 1. The second-order valence-corrected chi connectivity index (χ2v) is 5.25. The summed E-state index contributed by atoms with van der Waals surface area (Å²) >= 11 is 1.34. The Balaban J connectivity index is 2.17. The van der Waals surface area contributed by atoms with E-state index in [1.54, 1.807) is 18.6 Å². The maximum absolute atomic E-state index is 12.1. The Kier molecular flexibility index (Phi) is 4.99. The van der Waals surface area contributed by atoms with Crippen LogP contribution < -0.4 is 15.8 Å². The minimum absolute atomic E-state index is 0.162. The van der Waals surface area contributed by atoms with Crippen LogP contribution in [0.1, 0.15) is 20.8 Å². The van der Waals surface area contributed by atoms with Crippen LogP contribution in [0.15, 0.2) is 29.6 Å². The van der Waals surface area contributed by atoms with Gasteiger partial charge in [-0.05, 0) is 24.6 Å². The summed E-state index contributed by atoms with van der Waals surface area (Å²) in [6.45, 7) is 2.28. The number of rotatable bonds is 3. The van der Waals surface area contributed by atoms with Gasteiger partial charge in [0.25, 0.3) is 5.91 Å². The average Bonchev–Trinajstić information content (AvgIpc) is 2.97. The molecule has 108 valence electrons. The number of nitrogens with one attached hydrogen (secondary N) is 1. The van der Waals surface area contributed by atoms with Crippen molar-refractivity contribution in [2.24, 2.45) is 5.73 Å². The number of methoxy groups -OCH3 is 1. The number of ether oxygens (including phenoxy) is 1. The van der Waals surface area contributed by atoms with Gasteiger partial charge in [-0.3, -0.25) is 4.79 Å². The zero-order valence-electron chi connectivity index (χ0n) is 11.9. The average molecular weight is 300 g/mol. The Morgan fingerprint density at radius 1 is 1.43 bits per heavy atom. The van der Waals surface area contributed by atoms with E-state index in [4.69, 9.17) is 10.5 Å². The molecular formula is C16H16N2O2S. The molecule has 1 aromatic heterocycles. The Morgan fingerprint density at radius 3 is 2.90 bits per heavy atom. The molecule has 1 amide bonds. The Bertz CT molecular complexity index is 711. The molecule has 1 aromatic carbocycles. The summed E-state index contributed by atoms with van der Waals surface area (Å²) < 4.78 is 5.07. The third-order valence-electron chi connectivity index (χ3n) is 2.86. The van der Waals surface area contributed by atoms with E-state index in [1.807, 2.05) is 25.1 Å². The van der Waals surface area contributed by atoms with Crippen molar-refractivity contribution in [2.75, 3.05) is 19.0 Å². The third kappa shape index (κ3) is 3.85. The molecule has 21 heavy (non-hydrogen) atoms. The van der Waals surface area contributed by atoms with E-state index in [9.17, 15) is 4.79 Å². The van der Waals surface area contributed by atoms with Crippen molar-refractivity contribution in [2.45, 2.75) is 6.92 Å². The fourth-order valence-electron chi connectivity index (χ4n) is 1.72. The molecule has 1 heterocycles. The van der Waals surface area contributed by atoms with Crippen molar-refractivity contribution in [1.29, 1.82) is 0 Å². The number of hydrogen-bond donors (Lipinski definition) is 2. The zero-order chi connectivity index (χ0) is 15.2. The van der Waals surface area contributed by atoms with Crippen molar-refractivity contribution >= 4 is 22.9 Å². The van der Waals surface area contributed by atoms with Gasteiger partial charge in [-0.2, -0.15) is 0 Å². The van der Waals surface area contributed by atoms with Crippen LogP contribution in [0.25, 0.3) is 0 Å². The van der Waals surface area contributed by atoms with Crippen molar-refractivity contribution in [1.82, 2.24) is 0 Å². The minimum atomic E-state index is -0.162. The summed E-state index contributed by atoms with van der Waals surface area (Å²) in [4.78, 5) is 12.7. The van der Waals surface area contributed by atoms with Gasteiger partial charge >= 0.3 is 0 Å². The molecule has 0 fully saturated rings. The van der Waals surface area contributed by atoms with Crippen LogP contribution in [0.5, 0.6) is 5.75 Å². The van der Waals surface area contributed by atoms with Crippen molar-refractivity contribution < 1.29 is 9.53 Å². The summed E-state index contributed by atoms with van der Waals surface area (Å²) in [5, 5.41) is 4.65. The molecule has 3 N–H and O–H groups in total. The van der Waals surface area contributed by atoms with Gasteiger partial charge in [-0.25, -0.2) is 0 Å². The lowest BCUT2D eigenvalue weighted by Gasteiger charge is -2.06. The molecule has 2 rings (SSSR count). The van der Waals surface area contributed by atoms with Crippen LogP contribution in [0.4, 0.5) is 5.69 Å². The number of amides is 1. The molecule has 5 heteroatoms. The van der Waals surface area contributed by atoms with E-state index >= 15 is 0 Å². The molecule has 0 bridgehead atoms. The quantitative estimate of drug-likeness (QED) is 0.856. The molecular weight excluding hydrogens is 284 g/mol.